The second kappa shape index (κ2) is 4.84. The molecule has 1 aliphatic rings. The van der Waals surface area contributed by atoms with Crippen LogP contribution in [0.15, 0.2) is 11.4 Å². The summed E-state index contributed by atoms with van der Waals surface area (Å²) in [4.78, 5) is 8.56. The lowest BCUT2D eigenvalue weighted by Crippen LogP contribution is -2.01. The Bertz CT molecular complexity index is 335. The maximum Gasteiger partial charge on any atom is 0.133 e. The molecule has 82 valence electrons. The minimum absolute atomic E-state index is 0.767. The molecule has 1 aliphatic carbocycles. The first-order valence-corrected chi connectivity index (χ1v) is 6.35. The van der Waals surface area contributed by atoms with E-state index in [1.54, 1.807) is 6.33 Å². The van der Waals surface area contributed by atoms with Gasteiger partial charge in [-0.3, -0.25) is 0 Å². The molecular weight excluding hydrogens is 206 g/mol. The van der Waals surface area contributed by atoms with Crippen LogP contribution in [0.2, 0.25) is 0 Å². The molecule has 1 aromatic heterocycles. The van der Waals surface area contributed by atoms with Crippen LogP contribution in [-0.4, -0.2) is 22.3 Å². The van der Waals surface area contributed by atoms with Gasteiger partial charge in [-0.1, -0.05) is 12.8 Å². The molecule has 1 fully saturated rings. The summed E-state index contributed by atoms with van der Waals surface area (Å²) in [6.45, 7) is 2.09. The topological polar surface area (TPSA) is 37.8 Å². The molecule has 15 heavy (non-hydrogen) atoms. The van der Waals surface area contributed by atoms with Crippen LogP contribution in [0.25, 0.3) is 0 Å². The molecule has 1 heterocycles. The van der Waals surface area contributed by atoms with E-state index in [9.17, 15) is 0 Å². The number of nitrogens with zero attached hydrogens (tertiary/aromatic N) is 2. The van der Waals surface area contributed by atoms with Gasteiger partial charge in [0.15, 0.2) is 0 Å². The predicted octanol–water partition coefficient (Wildman–Crippen LogP) is 2.86. The van der Waals surface area contributed by atoms with Gasteiger partial charge in [0.25, 0.3) is 0 Å². The van der Waals surface area contributed by atoms with E-state index in [-0.39, 0.29) is 0 Å². The van der Waals surface area contributed by atoms with Gasteiger partial charge < -0.3 is 5.32 Å². The molecule has 0 spiro atoms. The third kappa shape index (κ3) is 2.43. The molecular formula is C11H17N3S. The van der Waals surface area contributed by atoms with Crippen LogP contribution >= 0.6 is 11.8 Å². The van der Waals surface area contributed by atoms with Crippen LogP contribution in [0.4, 0.5) is 5.82 Å². The summed E-state index contributed by atoms with van der Waals surface area (Å²) in [5.41, 5.74) is 1.18. The molecule has 0 saturated heterocycles. The van der Waals surface area contributed by atoms with Gasteiger partial charge in [0.2, 0.25) is 0 Å². The largest absolute Gasteiger partial charge is 0.373 e. The summed E-state index contributed by atoms with van der Waals surface area (Å²) in [6.07, 6.45) is 7.07. The Balaban J connectivity index is 2.13. The Morgan fingerprint density at radius 2 is 2.07 bits per heavy atom. The van der Waals surface area contributed by atoms with Crippen molar-refractivity contribution in [3.05, 3.63) is 11.9 Å². The van der Waals surface area contributed by atoms with Gasteiger partial charge in [0, 0.05) is 17.9 Å². The maximum atomic E-state index is 4.36. The summed E-state index contributed by atoms with van der Waals surface area (Å²) in [6, 6.07) is 0. The molecule has 0 aromatic carbocycles. The van der Waals surface area contributed by atoms with Gasteiger partial charge in [0.1, 0.15) is 17.2 Å². The van der Waals surface area contributed by atoms with Crippen molar-refractivity contribution in [1.82, 2.24) is 9.97 Å². The van der Waals surface area contributed by atoms with Gasteiger partial charge in [-0.2, -0.15) is 0 Å². The molecule has 1 saturated carbocycles. The van der Waals surface area contributed by atoms with E-state index in [2.05, 4.69) is 22.2 Å². The molecule has 0 bridgehead atoms. The average molecular weight is 223 g/mol. The number of rotatable bonds is 3. The van der Waals surface area contributed by atoms with E-state index in [1.165, 1.54) is 31.2 Å². The fourth-order valence-electron chi connectivity index (χ4n) is 1.97. The lowest BCUT2D eigenvalue weighted by atomic mass is 10.3. The van der Waals surface area contributed by atoms with E-state index in [0.717, 1.165) is 16.1 Å². The quantitative estimate of drug-likeness (QED) is 0.800. The van der Waals surface area contributed by atoms with Crippen molar-refractivity contribution in [2.45, 2.75) is 42.9 Å². The molecule has 1 N–H and O–H groups in total. The number of anilines is 1. The van der Waals surface area contributed by atoms with E-state index in [4.69, 9.17) is 0 Å². The van der Waals surface area contributed by atoms with Gasteiger partial charge in [-0.25, -0.2) is 9.97 Å². The molecule has 0 radical (unpaired) electrons. The van der Waals surface area contributed by atoms with E-state index < -0.39 is 0 Å². The van der Waals surface area contributed by atoms with Crippen molar-refractivity contribution in [1.29, 1.82) is 0 Å². The zero-order valence-corrected chi connectivity index (χ0v) is 10.1. The van der Waals surface area contributed by atoms with Crippen molar-refractivity contribution < 1.29 is 0 Å². The minimum atomic E-state index is 0.767. The highest BCUT2D eigenvalue weighted by atomic mass is 32.2. The zero-order valence-electron chi connectivity index (χ0n) is 9.29. The fourth-order valence-corrected chi connectivity index (χ4v) is 3.24. The molecule has 2 rings (SSSR count). The second-order valence-corrected chi connectivity index (χ2v) is 5.22. The van der Waals surface area contributed by atoms with Crippen molar-refractivity contribution >= 4 is 17.6 Å². The maximum absolute atomic E-state index is 4.36. The highest BCUT2D eigenvalue weighted by Gasteiger charge is 2.18. The number of hydrogen-bond acceptors (Lipinski definition) is 4. The molecule has 1 aromatic rings. The summed E-state index contributed by atoms with van der Waals surface area (Å²) in [5.74, 6) is 0.950. The Morgan fingerprint density at radius 3 is 2.73 bits per heavy atom. The van der Waals surface area contributed by atoms with E-state index >= 15 is 0 Å². The molecule has 0 amide bonds. The highest BCUT2D eigenvalue weighted by molar-refractivity contribution is 7.99. The van der Waals surface area contributed by atoms with E-state index in [1.807, 2.05) is 18.8 Å². The van der Waals surface area contributed by atoms with Crippen LogP contribution in [0, 0.1) is 6.92 Å². The zero-order chi connectivity index (χ0) is 10.7. The minimum Gasteiger partial charge on any atom is -0.373 e. The van der Waals surface area contributed by atoms with E-state index in [0.29, 0.717) is 0 Å². The first-order chi connectivity index (χ1) is 7.31. The van der Waals surface area contributed by atoms with Crippen LogP contribution in [-0.2, 0) is 0 Å². The SMILES string of the molecule is CNc1ncnc(SC2CCCC2)c1C. The van der Waals surface area contributed by atoms with Gasteiger partial charge in [0.05, 0.1) is 0 Å². The molecule has 4 heteroatoms. The predicted molar refractivity (Wildman–Crippen MR) is 64.4 cm³/mol. The van der Waals surface area contributed by atoms with Crippen LogP contribution in [0.3, 0.4) is 0 Å². The Labute approximate surface area is 95.1 Å². The molecule has 0 unspecified atom stereocenters. The monoisotopic (exact) mass is 223 g/mol. The average Bonchev–Trinajstić information content (AvgIpc) is 2.74. The standard InChI is InChI=1S/C11H17N3S/c1-8-10(12-2)13-7-14-11(8)15-9-5-3-4-6-9/h7,9H,3-6H2,1-2H3,(H,12,13,14). The lowest BCUT2D eigenvalue weighted by Gasteiger charge is -2.11. The Kier molecular flexibility index (Phi) is 3.46. The van der Waals surface area contributed by atoms with Crippen LogP contribution in [0.1, 0.15) is 31.2 Å². The lowest BCUT2D eigenvalue weighted by molar-refractivity contribution is 0.886. The smallest absolute Gasteiger partial charge is 0.133 e. The number of aromatic nitrogens is 2. The number of hydrogen-bond donors (Lipinski definition) is 1. The summed E-state index contributed by atoms with van der Waals surface area (Å²) in [7, 11) is 1.90. The first kappa shape index (κ1) is 10.7. The number of nitrogens with one attached hydrogen (secondary N) is 1. The van der Waals surface area contributed by atoms with Crippen molar-refractivity contribution in [2.24, 2.45) is 0 Å². The molecule has 0 atom stereocenters. The molecule has 3 nitrogen and oxygen atoms in total. The van der Waals surface area contributed by atoms with Crippen molar-refractivity contribution in [2.75, 3.05) is 12.4 Å². The van der Waals surface area contributed by atoms with Crippen LogP contribution < -0.4 is 5.32 Å². The first-order valence-electron chi connectivity index (χ1n) is 5.47. The van der Waals surface area contributed by atoms with Crippen molar-refractivity contribution in [3.63, 3.8) is 0 Å². The summed E-state index contributed by atoms with van der Waals surface area (Å²) >= 11 is 1.92. The van der Waals surface area contributed by atoms with Gasteiger partial charge in [-0.05, 0) is 19.8 Å². The third-order valence-corrected chi connectivity index (χ3v) is 4.29. The Hall–Kier alpha value is -0.770. The molecule has 0 aliphatic heterocycles. The normalized spacial score (nSPS) is 16.9. The Morgan fingerprint density at radius 1 is 1.33 bits per heavy atom. The summed E-state index contributed by atoms with van der Waals surface area (Å²) in [5, 5.41) is 5.00. The van der Waals surface area contributed by atoms with Crippen molar-refractivity contribution in [3.8, 4) is 0 Å². The van der Waals surface area contributed by atoms with Gasteiger partial charge >= 0.3 is 0 Å². The van der Waals surface area contributed by atoms with Crippen LogP contribution in [0.5, 0.6) is 0 Å². The third-order valence-electron chi connectivity index (χ3n) is 2.86. The number of thioether (sulfide) groups is 1. The highest BCUT2D eigenvalue weighted by Crippen LogP contribution is 2.35. The van der Waals surface area contributed by atoms with Gasteiger partial charge in [-0.15, -0.1) is 11.8 Å². The second-order valence-electron chi connectivity index (χ2n) is 3.93. The summed E-state index contributed by atoms with van der Waals surface area (Å²) < 4.78 is 0. The fraction of sp³-hybridized carbons (Fsp3) is 0.636.